The van der Waals surface area contributed by atoms with Crippen LogP contribution in [-0.2, 0) is 0 Å². The molecular weight excluding hydrogens is 254 g/mol. The molecule has 0 aliphatic rings. The molecule has 0 fully saturated rings. The van der Waals surface area contributed by atoms with Gasteiger partial charge in [0.05, 0.1) is 0 Å². The van der Waals surface area contributed by atoms with Gasteiger partial charge in [-0.05, 0) is 22.8 Å². The van der Waals surface area contributed by atoms with Crippen molar-refractivity contribution in [2.45, 2.75) is 0 Å². The average molecular weight is 266 g/mol. The quantitative estimate of drug-likeness (QED) is 0.590. The molecule has 0 unspecified atom stereocenters. The molecule has 0 amide bonds. The molecular formula is C18H12F2. The van der Waals surface area contributed by atoms with Crippen LogP contribution in [0.3, 0.4) is 0 Å². The number of halogens is 2. The van der Waals surface area contributed by atoms with Gasteiger partial charge in [0.1, 0.15) is 11.6 Å². The zero-order valence-electron chi connectivity index (χ0n) is 10.7. The number of hydrogen-bond acceptors (Lipinski definition) is 0. The second-order valence-corrected chi connectivity index (χ2v) is 4.54. The maximum Gasteiger partial charge on any atom is 0.134 e. The molecule has 20 heavy (non-hydrogen) atoms. The summed E-state index contributed by atoms with van der Waals surface area (Å²) in [4.78, 5) is 0. The zero-order valence-corrected chi connectivity index (χ0v) is 10.7. The molecule has 0 N–H and O–H groups in total. The van der Waals surface area contributed by atoms with E-state index < -0.39 is 11.6 Å². The first-order valence-corrected chi connectivity index (χ1v) is 6.35. The molecule has 0 radical (unpaired) electrons. The van der Waals surface area contributed by atoms with Gasteiger partial charge in [0.25, 0.3) is 0 Å². The number of rotatable bonds is 2. The summed E-state index contributed by atoms with van der Waals surface area (Å²) in [6, 6.07) is 20.8. The SMILES string of the molecule is Fc1cc(F)c(-c2ccccc2)c(-c2ccccc2)c1. The Balaban J connectivity index is 2.29. The fourth-order valence-electron chi connectivity index (χ4n) is 2.32. The highest BCUT2D eigenvalue weighted by Gasteiger charge is 2.14. The summed E-state index contributed by atoms with van der Waals surface area (Å²) in [5, 5.41) is 0. The molecule has 0 aliphatic carbocycles. The Kier molecular flexibility index (Phi) is 3.30. The Hall–Kier alpha value is -2.48. The van der Waals surface area contributed by atoms with Crippen molar-refractivity contribution < 1.29 is 8.78 Å². The molecule has 0 bridgehead atoms. The van der Waals surface area contributed by atoms with Crippen LogP contribution in [0.4, 0.5) is 8.78 Å². The first-order valence-electron chi connectivity index (χ1n) is 6.35. The van der Waals surface area contributed by atoms with Crippen molar-refractivity contribution in [3.63, 3.8) is 0 Å². The van der Waals surface area contributed by atoms with Gasteiger partial charge in [0.15, 0.2) is 0 Å². The molecule has 98 valence electrons. The lowest BCUT2D eigenvalue weighted by molar-refractivity contribution is 0.586. The number of benzene rings is 3. The lowest BCUT2D eigenvalue weighted by atomic mass is 9.94. The molecule has 0 aliphatic heterocycles. The maximum atomic E-state index is 14.2. The van der Waals surface area contributed by atoms with E-state index in [4.69, 9.17) is 0 Å². The smallest absolute Gasteiger partial charge is 0.134 e. The number of hydrogen-bond donors (Lipinski definition) is 0. The Morgan fingerprint density at radius 3 is 1.75 bits per heavy atom. The molecule has 0 spiro atoms. The van der Waals surface area contributed by atoms with E-state index in [0.717, 1.165) is 17.2 Å². The van der Waals surface area contributed by atoms with Crippen molar-refractivity contribution in [2.24, 2.45) is 0 Å². The Morgan fingerprint density at radius 2 is 1.15 bits per heavy atom. The van der Waals surface area contributed by atoms with Crippen molar-refractivity contribution in [3.05, 3.63) is 84.4 Å². The molecule has 3 aromatic carbocycles. The molecule has 0 aromatic heterocycles. The Labute approximate surface area is 116 Å². The average Bonchev–Trinajstić information content (AvgIpc) is 2.48. The lowest BCUT2D eigenvalue weighted by Gasteiger charge is -2.12. The van der Waals surface area contributed by atoms with Crippen LogP contribution in [0.5, 0.6) is 0 Å². The van der Waals surface area contributed by atoms with Crippen LogP contribution >= 0.6 is 0 Å². The van der Waals surface area contributed by atoms with E-state index >= 15 is 0 Å². The maximum absolute atomic E-state index is 14.2. The monoisotopic (exact) mass is 266 g/mol. The van der Waals surface area contributed by atoms with Gasteiger partial charge in [-0.1, -0.05) is 60.7 Å². The van der Waals surface area contributed by atoms with Crippen molar-refractivity contribution in [3.8, 4) is 22.3 Å². The van der Waals surface area contributed by atoms with E-state index in [2.05, 4.69) is 0 Å². The second kappa shape index (κ2) is 5.25. The first kappa shape index (κ1) is 12.5. The topological polar surface area (TPSA) is 0 Å². The highest BCUT2D eigenvalue weighted by Crippen LogP contribution is 2.34. The lowest BCUT2D eigenvalue weighted by Crippen LogP contribution is -1.92. The minimum Gasteiger partial charge on any atom is -0.207 e. The summed E-state index contributed by atoms with van der Waals surface area (Å²) in [7, 11) is 0. The van der Waals surface area contributed by atoms with Gasteiger partial charge in [0.2, 0.25) is 0 Å². The molecule has 0 saturated heterocycles. The third-order valence-electron chi connectivity index (χ3n) is 3.20. The van der Waals surface area contributed by atoms with Crippen molar-refractivity contribution >= 4 is 0 Å². The van der Waals surface area contributed by atoms with Gasteiger partial charge >= 0.3 is 0 Å². The van der Waals surface area contributed by atoms with Crippen LogP contribution in [-0.4, -0.2) is 0 Å². The van der Waals surface area contributed by atoms with Gasteiger partial charge in [-0.2, -0.15) is 0 Å². The fourth-order valence-corrected chi connectivity index (χ4v) is 2.32. The summed E-state index contributed by atoms with van der Waals surface area (Å²) in [5.74, 6) is -1.11. The fraction of sp³-hybridized carbons (Fsp3) is 0. The minimum absolute atomic E-state index is 0.429. The van der Waals surface area contributed by atoms with E-state index in [9.17, 15) is 8.78 Å². The normalized spacial score (nSPS) is 10.5. The minimum atomic E-state index is -0.568. The van der Waals surface area contributed by atoms with E-state index in [1.54, 1.807) is 0 Å². The Bertz CT molecular complexity index is 719. The molecule has 0 atom stereocenters. The zero-order chi connectivity index (χ0) is 13.9. The summed E-state index contributed by atoms with van der Waals surface area (Å²) in [6.45, 7) is 0. The van der Waals surface area contributed by atoms with Crippen LogP contribution in [0, 0.1) is 11.6 Å². The summed E-state index contributed by atoms with van der Waals surface area (Å²) < 4.78 is 27.8. The largest absolute Gasteiger partial charge is 0.207 e. The van der Waals surface area contributed by atoms with Crippen LogP contribution in [0.25, 0.3) is 22.3 Å². The third-order valence-corrected chi connectivity index (χ3v) is 3.20. The van der Waals surface area contributed by atoms with E-state index in [-0.39, 0.29) is 0 Å². The predicted molar refractivity (Wildman–Crippen MR) is 77.2 cm³/mol. The molecule has 0 nitrogen and oxygen atoms in total. The van der Waals surface area contributed by atoms with Gasteiger partial charge < -0.3 is 0 Å². The summed E-state index contributed by atoms with van der Waals surface area (Å²) in [5.41, 5.74) is 2.53. The summed E-state index contributed by atoms with van der Waals surface area (Å²) >= 11 is 0. The Morgan fingerprint density at radius 1 is 0.600 bits per heavy atom. The van der Waals surface area contributed by atoms with Gasteiger partial charge in [-0.15, -0.1) is 0 Å². The van der Waals surface area contributed by atoms with Crippen LogP contribution in [0.2, 0.25) is 0 Å². The predicted octanol–water partition coefficient (Wildman–Crippen LogP) is 5.30. The van der Waals surface area contributed by atoms with Crippen molar-refractivity contribution in [2.75, 3.05) is 0 Å². The first-order chi connectivity index (χ1) is 9.75. The van der Waals surface area contributed by atoms with Crippen LogP contribution in [0.1, 0.15) is 0 Å². The van der Waals surface area contributed by atoms with Crippen LogP contribution < -0.4 is 0 Å². The van der Waals surface area contributed by atoms with E-state index in [0.29, 0.717) is 11.1 Å². The molecule has 3 rings (SSSR count). The highest BCUT2D eigenvalue weighted by molar-refractivity contribution is 5.83. The van der Waals surface area contributed by atoms with Gasteiger partial charge in [-0.25, -0.2) is 8.78 Å². The standard InChI is InChI=1S/C18H12F2/c19-15-11-16(13-7-3-1-4-8-13)18(17(20)12-15)14-9-5-2-6-10-14/h1-12H. The highest BCUT2D eigenvalue weighted by atomic mass is 19.1. The molecule has 0 saturated carbocycles. The molecule has 2 heteroatoms. The second-order valence-electron chi connectivity index (χ2n) is 4.54. The van der Waals surface area contributed by atoms with Gasteiger partial charge in [0, 0.05) is 11.6 Å². The van der Waals surface area contributed by atoms with E-state index in [1.807, 2.05) is 60.7 Å². The van der Waals surface area contributed by atoms with Crippen LogP contribution in [0.15, 0.2) is 72.8 Å². The molecule has 0 heterocycles. The summed E-state index contributed by atoms with van der Waals surface area (Å²) in [6.07, 6.45) is 0. The van der Waals surface area contributed by atoms with Crippen molar-refractivity contribution in [1.82, 2.24) is 0 Å². The third kappa shape index (κ3) is 2.32. The van der Waals surface area contributed by atoms with Crippen molar-refractivity contribution in [1.29, 1.82) is 0 Å². The van der Waals surface area contributed by atoms with E-state index in [1.165, 1.54) is 6.07 Å². The molecule has 3 aromatic rings. The van der Waals surface area contributed by atoms with Gasteiger partial charge in [-0.3, -0.25) is 0 Å².